The summed E-state index contributed by atoms with van der Waals surface area (Å²) in [4.78, 5) is 13.4. The van der Waals surface area contributed by atoms with Gasteiger partial charge in [0.2, 0.25) is 0 Å². The van der Waals surface area contributed by atoms with Crippen LogP contribution >= 0.6 is 0 Å². The van der Waals surface area contributed by atoms with E-state index in [1.165, 1.54) is 0 Å². The van der Waals surface area contributed by atoms with Crippen molar-refractivity contribution in [1.82, 2.24) is 10.2 Å². The third-order valence-electron chi connectivity index (χ3n) is 2.94. The first-order chi connectivity index (χ1) is 7.25. The third kappa shape index (κ3) is 2.82. The predicted molar refractivity (Wildman–Crippen MR) is 54.6 cm³/mol. The Bertz CT molecular complexity index is 229. The number of aliphatic hydroxyl groups is 1. The molecule has 86 valence electrons. The summed E-state index contributed by atoms with van der Waals surface area (Å²) in [5.74, 6) is 0. The van der Waals surface area contributed by atoms with Crippen LogP contribution in [0.1, 0.15) is 19.3 Å². The molecule has 2 amide bonds. The van der Waals surface area contributed by atoms with Gasteiger partial charge in [-0.1, -0.05) is 0 Å². The van der Waals surface area contributed by atoms with Crippen LogP contribution in [0.5, 0.6) is 0 Å². The minimum Gasteiger partial charge on any atom is -0.391 e. The van der Waals surface area contributed by atoms with Gasteiger partial charge in [-0.15, -0.1) is 0 Å². The number of β-amino-alcohol motifs (C(OH)–C–C–N with tert-alkyl or cyclic N) is 1. The number of urea groups is 1. The molecule has 0 aromatic rings. The first-order valence-electron chi connectivity index (χ1n) is 5.57. The van der Waals surface area contributed by atoms with Gasteiger partial charge in [-0.2, -0.15) is 0 Å². The number of hydrogen-bond donors (Lipinski definition) is 2. The Morgan fingerprint density at radius 1 is 1.47 bits per heavy atom. The lowest BCUT2D eigenvalue weighted by Gasteiger charge is -2.31. The molecule has 0 spiro atoms. The summed E-state index contributed by atoms with van der Waals surface area (Å²) in [6.45, 7) is 2.55. The average Bonchev–Trinajstić information content (AvgIpc) is 2.70. The van der Waals surface area contributed by atoms with Gasteiger partial charge in [0.25, 0.3) is 0 Å². The fraction of sp³-hybridized carbons (Fsp3) is 0.900. The summed E-state index contributed by atoms with van der Waals surface area (Å²) in [7, 11) is 0. The number of ether oxygens (including phenoxy) is 1. The Kier molecular flexibility index (Phi) is 3.43. The van der Waals surface area contributed by atoms with Crippen LogP contribution in [0.15, 0.2) is 0 Å². The van der Waals surface area contributed by atoms with E-state index in [0.717, 1.165) is 32.4 Å². The summed E-state index contributed by atoms with van der Waals surface area (Å²) in [5.41, 5.74) is 0. The van der Waals surface area contributed by atoms with Crippen molar-refractivity contribution >= 4 is 6.03 Å². The maximum atomic E-state index is 11.7. The molecule has 2 rings (SSSR count). The Balaban J connectivity index is 1.78. The molecule has 2 atom stereocenters. The van der Waals surface area contributed by atoms with E-state index >= 15 is 0 Å². The maximum Gasteiger partial charge on any atom is 0.317 e. The van der Waals surface area contributed by atoms with E-state index in [1.807, 2.05) is 0 Å². The zero-order chi connectivity index (χ0) is 10.7. The van der Waals surface area contributed by atoms with Crippen LogP contribution in [0.4, 0.5) is 4.79 Å². The van der Waals surface area contributed by atoms with Crippen LogP contribution in [-0.4, -0.2) is 54.5 Å². The molecule has 2 fully saturated rings. The molecule has 5 nitrogen and oxygen atoms in total. The number of likely N-dealkylation sites (tertiary alicyclic amines) is 1. The molecule has 0 aromatic heterocycles. The van der Waals surface area contributed by atoms with Crippen molar-refractivity contribution < 1.29 is 14.6 Å². The van der Waals surface area contributed by atoms with Gasteiger partial charge in [0.05, 0.1) is 18.8 Å². The molecule has 1 unspecified atom stereocenters. The van der Waals surface area contributed by atoms with Crippen LogP contribution in [0, 0.1) is 0 Å². The molecular formula is C10H18N2O3. The molecule has 2 heterocycles. The molecule has 2 N–H and O–H groups in total. The normalized spacial score (nSPS) is 31.7. The summed E-state index contributed by atoms with van der Waals surface area (Å²) in [6.07, 6.45) is 2.22. The molecule has 0 aromatic carbocycles. The number of nitrogens with one attached hydrogen (secondary N) is 1. The number of nitrogens with zero attached hydrogens (tertiary/aromatic N) is 1. The number of carbonyl (C=O) groups excluding carboxylic acids is 1. The number of aliphatic hydroxyl groups excluding tert-OH is 1. The summed E-state index contributed by atoms with van der Waals surface area (Å²) < 4.78 is 5.18. The topological polar surface area (TPSA) is 61.8 Å². The second-order valence-corrected chi connectivity index (χ2v) is 4.25. The highest BCUT2D eigenvalue weighted by Gasteiger charge is 2.25. The molecular weight excluding hydrogens is 196 g/mol. The first-order valence-corrected chi connectivity index (χ1v) is 5.57. The van der Waals surface area contributed by atoms with E-state index in [4.69, 9.17) is 4.74 Å². The van der Waals surface area contributed by atoms with Gasteiger partial charge in [-0.3, -0.25) is 0 Å². The van der Waals surface area contributed by atoms with Crippen LogP contribution in [0.2, 0.25) is 0 Å². The van der Waals surface area contributed by atoms with Gasteiger partial charge in [0.1, 0.15) is 0 Å². The first kappa shape index (κ1) is 10.7. The van der Waals surface area contributed by atoms with E-state index in [0.29, 0.717) is 13.2 Å². The Morgan fingerprint density at radius 2 is 2.33 bits per heavy atom. The molecule has 2 saturated heterocycles. The van der Waals surface area contributed by atoms with Crippen molar-refractivity contribution in [3.8, 4) is 0 Å². The summed E-state index contributed by atoms with van der Waals surface area (Å²) >= 11 is 0. The lowest BCUT2D eigenvalue weighted by molar-refractivity contribution is 0.0830. The van der Waals surface area contributed by atoms with E-state index < -0.39 is 0 Å². The molecule has 15 heavy (non-hydrogen) atoms. The van der Waals surface area contributed by atoms with Gasteiger partial charge in [-0.05, 0) is 19.3 Å². The van der Waals surface area contributed by atoms with Gasteiger partial charge in [0, 0.05) is 19.7 Å². The highest BCUT2D eigenvalue weighted by molar-refractivity contribution is 5.74. The minimum absolute atomic E-state index is 0.0655. The number of hydrogen-bond acceptors (Lipinski definition) is 3. The summed E-state index contributed by atoms with van der Waals surface area (Å²) in [5, 5.41) is 12.4. The average molecular weight is 214 g/mol. The van der Waals surface area contributed by atoms with Crippen molar-refractivity contribution in [3.63, 3.8) is 0 Å². The van der Waals surface area contributed by atoms with Crippen molar-refractivity contribution in [2.75, 3.05) is 26.3 Å². The van der Waals surface area contributed by atoms with Gasteiger partial charge in [0.15, 0.2) is 0 Å². The zero-order valence-electron chi connectivity index (χ0n) is 8.82. The van der Waals surface area contributed by atoms with Crippen LogP contribution < -0.4 is 5.32 Å². The van der Waals surface area contributed by atoms with E-state index in [2.05, 4.69) is 5.32 Å². The van der Waals surface area contributed by atoms with E-state index in [1.54, 1.807) is 4.90 Å². The van der Waals surface area contributed by atoms with Crippen molar-refractivity contribution in [3.05, 3.63) is 0 Å². The molecule has 2 aliphatic heterocycles. The third-order valence-corrected chi connectivity index (χ3v) is 2.94. The van der Waals surface area contributed by atoms with Crippen LogP contribution in [0.3, 0.4) is 0 Å². The van der Waals surface area contributed by atoms with Crippen molar-refractivity contribution in [1.29, 1.82) is 0 Å². The van der Waals surface area contributed by atoms with Gasteiger partial charge < -0.3 is 20.1 Å². The molecule has 5 heteroatoms. The number of rotatable bonds is 1. The lowest BCUT2D eigenvalue weighted by Crippen LogP contribution is -2.50. The fourth-order valence-corrected chi connectivity index (χ4v) is 2.05. The van der Waals surface area contributed by atoms with Crippen LogP contribution in [0.25, 0.3) is 0 Å². The maximum absolute atomic E-state index is 11.7. The highest BCUT2D eigenvalue weighted by Crippen LogP contribution is 2.11. The largest absolute Gasteiger partial charge is 0.391 e. The number of piperidine rings is 1. The van der Waals surface area contributed by atoms with Gasteiger partial charge in [-0.25, -0.2) is 4.79 Å². The lowest BCUT2D eigenvalue weighted by atomic mass is 10.1. The molecule has 2 aliphatic rings. The van der Waals surface area contributed by atoms with Crippen LogP contribution in [-0.2, 0) is 4.74 Å². The van der Waals surface area contributed by atoms with Crippen molar-refractivity contribution in [2.45, 2.75) is 31.4 Å². The Hall–Kier alpha value is -0.810. The quantitative estimate of drug-likeness (QED) is 0.643. The zero-order valence-corrected chi connectivity index (χ0v) is 8.82. The number of amides is 2. The monoisotopic (exact) mass is 214 g/mol. The Labute approximate surface area is 89.4 Å². The SMILES string of the molecule is O=C(NC1CCOC1)N1CCC[C@H](O)C1. The van der Waals surface area contributed by atoms with E-state index in [-0.39, 0.29) is 18.2 Å². The molecule has 0 bridgehead atoms. The molecule has 0 aliphatic carbocycles. The standard InChI is InChI=1S/C10H18N2O3/c13-9-2-1-4-12(6-9)10(14)11-8-3-5-15-7-8/h8-9,13H,1-7H2,(H,11,14)/t8?,9-/m0/s1. The molecule has 0 radical (unpaired) electrons. The van der Waals surface area contributed by atoms with Crippen molar-refractivity contribution in [2.24, 2.45) is 0 Å². The second-order valence-electron chi connectivity index (χ2n) is 4.25. The summed E-state index contributed by atoms with van der Waals surface area (Å²) in [6, 6.07) is 0.0841. The predicted octanol–water partition coefficient (Wildman–Crippen LogP) is -0.0584. The highest BCUT2D eigenvalue weighted by atomic mass is 16.5. The van der Waals surface area contributed by atoms with E-state index in [9.17, 15) is 9.90 Å². The smallest absolute Gasteiger partial charge is 0.317 e. The molecule has 0 saturated carbocycles. The second kappa shape index (κ2) is 4.81. The minimum atomic E-state index is -0.357. The number of carbonyl (C=O) groups is 1. The fourth-order valence-electron chi connectivity index (χ4n) is 2.05. The van der Waals surface area contributed by atoms with Gasteiger partial charge >= 0.3 is 6.03 Å². The Morgan fingerprint density at radius 3 is 3.00 bits per heavy atom.